The van der Waals surface area contributed by atoms with Gasteiger partial charge in [-0.1, -0.05) is 18.0 Å². The molecule has 3 rings (SSSR count). The Balaban J connectivity index is 1.74. The number of hydrogen-bond donors (Lipinski definition) is 1. The lowest BCUT2D eigenvalue weighted by Gasteiger charge is -2.28. The van der Waals surface area contributed by atoms with Gasteiger partial charge in [-0.2, -0.15) is 4.98 Å². The van der Waals surface area contributed by atoms with E-state index in [0.29, 0.717) is 17.9 Å². The number of rotatable bonds is 3. The average molecular weight is 251 g/mol. The largest absolute Gasteiger partial charge is 0.381 e. The van der Waals surface area contributed by atoms with Crippen LogP contribution in [0.15, 0.2) is 4.52 Å². The van der Waals surface area contributed by atoms with Crippen LogP contribution in [0.2, 0.25) is 0 Å². The third kappa shape index (κ3) is 2.29. The van der Waals surface area contributed by atoms with Gasteiger partial charge in [0.2, 0.25) is 5.89 Å². The highest BCUT2D eigenvalue weighted by Gasteiger charge is 2.31. The molecular weight excluding hydrogens is 230 g/mol. The molecule has 1 aromatic heterocycles. The second kappa shape index (κ2) is 5.36. The van der Waals surface area contributed by atoms with Crippen LogP contribution in [0.4, 0.5) is 0 Å². The van der Waals surface area contributed by atoms with Crippen LogP contribution in [0.5, 0.6) is 0 Å². The first kappa shape index (κ1) is 12.1. The molecule has 0 aromatic carbocycles. The Morgan fingerprint density at radius 1 is 1.22 bits per heavy atom. The molecule has 2 heterocycles. The number of nitrogens with zero attached hydrogens (tertiary/aromatic N) is 2. The number of aromatic nitrogens is 2. The summed E-state index contributed by atoms with van der Waals surface area (Å²) in [6.07, 6.45) is 5.91. The maximum atomic E-state index is 5.49. The predicted molar refractivity (Wildman–Crippen MR) is 66.5 cm³/mol. The Bertz CT molecular complexity index is 387. The molecule has 1 saturated heterocycles. The van der Waals surface area contributed by atoms with Gasteiger partial charge in [-0.05, 0) is 26.3 Å². The Kier molecular flexibility index (Phi) is 3.61. The van der Waals surface area contributed by atoms with Crippen LogP contribution < -0.4 is 5.32 Å². The van der Waals surface area contributed by atoms with Gasteiger partial charge in [0, 0.05) is 18.6 Å². The standard InChI is InChI=1S/C13H21N3O2/c1-14-11-5-3-2-4-10(11)13-15-12(16-18-13)9-6-7-17-8-9/h9-11,14H,2-8H2,1H3. The van der Waals surface area contributed by atoms with Crippen molar-refractivity contribution in [2.24, 2.45) is 0 Å². The van der Waals surface area contributed by atoms with Gasteiger partial charge >= 0.3 is 0 Å². The zero-order valence-electron chi connectivity index (χ0n) is 10.9. The van der Waals surface area contributed by atoms with Crippen molar-refractivity contribution in [3.05, 3.63) is 11.7 Å². The van der Waals surface area contributed by atoms with Crippen LogP contribution in [-0.4, -0.2) is 36.4 Å². The van der Waals surface area contributed by atoms with Crippen molar-refractivity contribution in [3.63, 3.8) is 0 Å². The molecule has 1 N–H and O–H groups in total. The fraction of sp³-hybridized carbons (Fsp3) is 0.846. The summed E-state index contributed by atoms with van der Waals surface area (Å²) in [6, 6.07) is 0.479. The molecule has 2 fully saturated rings. The summed E-state index contributed by atoms with van der Waals surface area (Å²) in [5, 5.41) is 7.53. The fourth-order valence-corrected chi connectivity index (χ4v) is 3.07. The van der Waals surface area contributed by atoms with Crippen LogP contribution in [0.1, 0.15) is 55.7 Å². The highest BCUT2D eigenvalue weighted by atomic mass is 16.5. The smallest absolute Gasteiger partial charge is 0.231 e. The second-order valence-corrected chi connectivity index (χ2v) is 5.34. The molecule has 2 aliphatic rings. The van der Waals surface area contributed by atoms with Crippen LogP contribution in [-0.2, 0) is 4.74 Å². The van der Waals surface area contributed by atoms with Gasteiger partial charge in [-0.25, -0.2) is 0 Å². The average Bonchev–Trinajstić information content (AvgIpc) is 3.09. The van der Waals surface area contributed by atoms with E-state index in [4.69, 9.17) is 9.26 Å². The van der Waals surface area contributed by atoms with Gasteiger partial charge in [-0.15, -0.1) is 0 Å². The monoisotopic (exact) mass is 251 g/mol. The van der Waals surface area contributed by atoms with Gasteiger partial charge in [0.1, 0.15) is 0 Å². The molecule has 1 aliphatic carbocycles. The summed E-state index contributed by atoms with van der Waals surface area (Å²) in [4.78, 5) is 4.62. The first-order chi connectivity index (χ1) is 8.88. The second-order valence-electron chi connectivity index (χ2n) is 5.34. The van der Waals surface area contributed by atoms with Crippen LogP contribution >= 0.6 is 0 Å². The SMILES string of the molecule is CNC1CCCCC1c1nc(C2CCOC2)no1. The van der Waals surface area contributed by atoms with E-state index in [9.17, 15) is 0 Å². The summed E-state index contributed by atoms with van der Waals surface area (Å²) < 4.78 is 10.9. The Labute approximate surface area is 107 Å². The molecule has 5 heteroatoms. The third-order valence-electron chi connectivity index (χ3n) is 4.21. The van der Waals surface area contributed by atoms with E-state index in [-0.39, 0.29) is 0 Å². The molecule has 0 bridgehead atoms. The van der Waals surface area contributed by atoms with E-state index in [2.05, 4.69) is 15.5 Å². The highest BCUT2D eigenvalue weighted by Crippen LogP contribution is 2.33. The van der Waals surface area contributed by atoms with Crippen LogP contribution in [0, 0.1) is 0 Å². The molecule has 1 aromatic rings. The molecule has 18 heavy (non-hydrogen) atoms. The predicted octanol–water partition coefficient (Wildman–Crippen LogP) is 1.82. The van der Waals surface area contributed by atoms with Crippen molar-refractivity contribution < 1.29 is 9.26 Å². The van der Waals surface area contributed by atoms with Crippen molar-refractivity contribution in [2.75, 3.05) is 20.3 Å². The summed E-state index contributed by atoms with van der Waals surface area (Å²) in [5.41, 5.74) is 0. The van der Waals surface area contributed by atoms with Gasteiger partial charge < -0.3 is 14.6 Å². The Morgan fingerprint density at radius 2 is 2.11 bits per heavy atom. The lowest BCUT2D eigenvalue weighted by atomic mass is 9.84. The zero-order chi connectivity index (χ0) is 12.4. The first-order valence-corrected chi connectivity index (χ1v) is 6.97. The van der Waals surface area contributed by atoms with E-state index in [1.807, 2.05) is 7.05 Å². The minimum absolute atomic E-state index is 0.333. The lowest BCUT2D eigenvalue weighted by Crippen LogP contribution is -2.34. The molecular formula is C13H21N3O2. The minimum Gasteiger partial charge on any atom is -0.381 e. The van der Waals surface area contributed by atoms with Gasteiger partial charge in [0.15, 0.2) is 5.82 Å². The molecule has 0 amide bonds. The number of ether oxygens (including phenoxy) is 1. The Hall–Kier alpha value is -0.940. The Morgan fingerprint density at radius 3 is 2.89 bits per heavy atom. The quantitative estimate of drug-likeness (QED) is 0.888. The minimum atomic E-state index is 0.333. The van der Waals surface area contributed by atoms with Crippen molar-refractivity contribution in [1.82, 2.24) is 15.5 Å². The first-order valence-electron chi connectivity index (χ1n) is 6.97. The summed E-state index contributed by atoms with van der Waals surface area (Å²) in [7, 11) is 2.02. The molecule has 3 atom stereocenters. The van der Waals surface area contributed by atoms with E-state index in [1.165, 1.54) is 19.3 Å². The van der Waals surface area contributed by atoms with Gasteiger partial charge in [-0.3, -0.25) is 0 Å². The topological polar surface area (TPSA) is 60.2 Å². The van der Waals surface area contributed by atoms with E-state index < -0.39 is 0 Å². The molecule has 3 unspecified atom stereocenters. The van der Waals surface area contributed by atoms with Crippen LogP contribution in [0.3, 0.4) is 0 Å². The maximum Gasteiger partial charge on any atom is 0.231 e. The summed E-state index contributed by atoms with van der Waals surface area (Å²) >= 11 is 0. The van der Waals surface area contributed by atoms with E-state index >= 15 is 0 Å². The van der Waals surface area contributed by atoms with Gasteiger partial charge in [0.05, 0.1) is 12.5 Å². The zero-order valence-corrected chi connectivity index (χ0v) is 10.9. The van der Waals surface area contributed by atoms with Crippen LogP contribution in [0.25, 0.3) is 0 Å². The van der Waals surface area contributed by atoms with Crippen molar-refractivity contribution in [2.45, 2.75) is 50.0 Å². The molecule has 1 saturated carbocycles. The summed E-state index contributed by atoms with van der Waals surface area (Å²) in [5.74, 6) is 2.37. The van der Waals surface area contributed by atoms with Crippen molar-refractivity contribution >= 4 is 0 Å². The molecule has 100 valence electrons. The third-order valence-corrected chi connectivity index (χ3v) is 4.21. The normalized spacial score (nSPS) is 32.8. The van der Waals surface area contributed by atoms with Crippen molar-refractivity contribution in [3.8, 4) is 0 Å². The number of hydrogen-bond acceptors (Lipinski definition) is 5. The maximum absolute atomic E-state index is 5.49. The number of nitrogens with one attached hydrogen (secondary N) is 1. The fourth-order valence-electron chi connectivity index (χ4n) is 3.07. The molecule has 0 spiro atoms. The molecule has 0 radical (unpaired) electrons. The van der Waals surface area contributed by atoms with E-state index in [0.717, 1.165) is 37.8 Å². The molecule has 5 nitrogen and oxygen atoms in total. The lowest BCUT2D eigenvalue weighted by molar-refractivity contribution is 0.192. The molecule has 1 aliphatic heterocycles. The summed E-state index contributed by atoms with van der Waals surface area (Å²) in [6.45, 7) is 1.55. The van der Waals surface area contributed by atoms with Crippen molar-refractivity contribution in [1.29, 1.82) is 0 Å². The highest BCUT2D eigenvalue weighted by molar-refractivity contribution is 5.04. The number of likely N-dealkylation sites (N-methyl/N-ethyl adjacent to an activating group) is 1. The van der Waals surface area contributed by atoms with Gasteiger partial charge in [0.25, 0.3) is 0 Å². The van der Waals surface area contributed by atoms with E-state index in [1.54, 1.807) is 0 Å².